The van der Waals surface area contributed by atoms with Crippen molar-refractivity contribution in [1.82, 2.24) is 0 Å². The van der Waals surface area contributed by atoms with Crippen LogP contribution < -0.4 is 0 Å². The van der Waals surface area contributed by atoms with Crippen LogP contribution in [-0.2, 0) is 4.79 Å². The highest BCUT2D eigenvalue weighted by molar-refractivity contribution is 5.87. The van der Waals surface area contributed by atoms with E-state index in [9.17, 15) is 9.90 Å². The molecule has 2 saturated carbocycles. The summed E-state index contributed by atoms with van der Waals surface area (Å²) >= 11 is 0. The van der Waals surface area contributed by atoms with Crippen molar-refractivity contribution in [2.45, 2.75) is 57.0 Å². The van der Waals surface area contributed by atoms with Gasteiger partial charge in [-0.05, 0) is 25.7 Å². The first-order valence-corrected chi connectivity index (χ1v) is 6.04. The summed E-state index contributed by atoms with van der Waals surface area (Å²) in [6, 6.07) is 0. The second-order valence-corrected chi connectivity index (χ2v) is 5.05. The Bertz CT molecular complexity index is 276. The van der Waals surface area contributed by atoms with Crippen molar-refractivity contribution >= 4 is 5.78 Å². The van der Waals surface area contributed by atoms with Gasteiger partial charge in [0, 0.05) is 6.42 Å². The Hall–Kier alpha value is -0.630. The van der Waals surface area contributed by atoms with Gasteiger partial charge in [0.25, 0.3) is 0 Å². The van der Waals surface area contributed by atoms with Gasteiger partial charge in [-0.2, -0.15) is 0 Å². The minimum Gasteiger partial charge on any atom is -0.385 e. The number of hydrogen-bond donors (Lipinski definition) is 1. The van der Waals surface area contributed by atoms with Gasteiger partial charge in [0.2, 0.25) is 0 Å². The van der Waals surface area contributed by atoms with Gasteiger partial charge >= 0.3 is 0 Å². The van der Waals surface area contributed by atoms with E-state index in [0.29, 0.717) is 12.8 Å². The highest BCUT2D eigenvalue weighted by Gasteiger charge is 2.55. The highest BCUT2D eigenvalue weighted by atomic mass is 16.3. The van der Waals surface area contributed by atoms with E-state index in [1.54, 1.807) is 6.08 Å². The first-order valence-electron chi connectivity index (χ1n) is 6.04. The number of rotatable bonds is 1. The third-order valence-electron chi connectivity index (χ3n) is 4.37. The van der Waals surface area contributed by atoms with Crippen LogP contribution in [0.15, 0.2) is 12.7 Å². The number of hydrogen-bond acceptors (Lipinski definition) is 2. The molecule has 15 heavy (non-hydrogen) atoms. The van der Waals surface area contributed by atoms with Gasteiger partial charge in [0.05, 0.1) is 11.0 Å². The molecule has 0 bridgehead atoms. The summed E-state index contributed by atoms with van der Waals surface area (Å²) < 4.78 is 0. The van der Waals surface area contributed by atoms with Gasteiger partial charge in [-0.15, -0.1) is 6.58 Å². The molecule has 1 spiro atoms. The Morgan fingerprint density at radius 3 is 2.40 bits per heavy atom. The molecule has 2 aliphatic carbocycles. The zero-order valence-electron chi connectivity index (χ0n) is 9.30. The molecule has 1 atom stereocenters. The van der Waals surface area contributed by atoms with Crippen molar-refractivity contribution in [2.24, 2.45) is 5.41 Å². The second kappa shape index (κ2) is 3.75. The second-order valence-electron chi connectivity index (χ2n) is 5.05. The van der Waals surface area contributed by atoms with Gasteiger partial charge < -0.3 is 5.11 Å². The van der Waals surface area contributed by atoms with Gasteiger partial charge in [-0.3, -0.25) is 4.79 Å². The fourth-order valence-electron chi connectivity index (χ4n) is 3.40. The molecule has 0 aromatic carbocycles. The molecule has 2 rings (SSSR count). The summed E-state index contributed by atoms with van der Waals surface area (Å²) in [7, 11) is 0. The van der Waals surface area contributed by atoms with E-state index < -0.39 is 11.0 Å². The molecule has 84 valence electrons. The number of Topliss-reactive ketones (excluding diaryl/α,β-unsaturated/α-hetero) is 1. The van der Waals surface area contributed by atoms with Gasteiger partial charge in [0.1, 0.15) is 5.78 Å². The zero-order valence-corrected chi connectivity index (χ0v) is 9.30. The van der Waals surface area contributed by atoms with Crippen LogP contribution in [0.1, 0.15) is 51.4 Å². The summed E-state index contributed by atoms with van der Waals surface area (Å²) in [6.07, 6.45) is 8.84. The average Bonchev–Trinajstić information content (AvgIpc) is 2.28. The average molecular weight is 208 g/mol. The van der Waals surface area contributed by atoms with Crippen LogP contribution in [0.2, 0.25) is 0 Å². The minimum absolute atomic E-state index is 0.274. The van der Waals surface area contributed by atoms with Crippen molar-refractivity contribution < 1.29 is 9.90 Å². The maximum atomic E-state index is 12.1. The molecule has 2 fully saturated rings. The third kappa shape index (κ3) is 1.46. The zero-order chi connectivity index (χ0) is 10.9. The molecule has 0 aromatic heterocycles. The van der Waals surface area contributed by atoms with Crippen LogP contribution in [-0.4, -0.2) is 16.5 Å². The monoisotopic (exact) mass is 208 g/mol. The first-order chi connectivity index (χ1) is 7.15. The van der Waals surface area contributed by atoms with Crippen molar-refractivity contribution in [3.05, 3.63) is 12.7 Å². The van der Waals surface area contributed by atoms with E-state index in [0.717, 1.165) is 32.1 Å². The van der Waals surface area contributed by atoms with E-state index in [1.165, 1.54) is 6.42 Å². The number of carbonyl (C=O) groups is 1. The Morgan fingerprint density at radius 1 is 1.13 bits per heavy atom. The molecule has 0 radical (unpaired) electrons. The lowest BCUT2D eigenvalue weighted by atomic mass is 9.56. The SMILES string of the molecule is C=CC1(O)CCCC(=O)C12CCCCC2. The summed E-state index contributed by atoms with van der Waals surface area (Å²) in [5.41, 5.74) is -1.41. The molecule has 2 heteroatoms. The Labute approximate surface area is 91.4 Å². The Balaban J connectivity index is 2.36. The standard InChI is InChI=1S/C13H20O2/c1-2-13(15)10-6-7-11(14)12(13)8-4-3-5-9-12/h2,15H,1,3-10H2. The normalized spacial score (nSPS) is 35.4. The van der Waals surface area contributed by atoms with Crippen molar-refractivity contribution in [3.63, 3.8) is 0 Å². The summed E-state index contributed by atoms with van der Waals surface area (Å²) in [5.74, 6) is 0.274. The van der Waals surface area contributed by atoms with Crippen LogP contribution in [0.5, 0.6) is 0 Å². The fourth-order valence-corrected chi connectivity index (χ4v) is 3.40. The Morgan fingerprint density at radius 2 is 1.80 bits per heavy atom. The van der Waals surface area contributed by atoms with Crippen LogP contribution in [0.4, 0.5) is 0 Å². The quantitative estimate of drug-likeness (QED) is 0.672. The maximum absolute atomic E-state index is 12.1. The van der Waals surface area contributed by atoms with E-state index >= 15 is 0 Å². The molecule has 2 nitrogen and oxygen atoms in total. The predicted octanol–water partition coefficient (Wildman–Crippen LogP) is 2.61. The van der Waals surface area contributed by atoms with E-state index in [-0.39, 0.29) is 5.78 Å². The molecule has 2 aliphatic rings. The third-order valence-corrected chi connectivity index (χ3v) is 4.37. The van der Waals surface area contributed by atoms with Gasteiger partial charge in [-0.1, -0.05) is 25.3 Å². The van der Waals surface area contributed by atoms with Crippen LogP contribution in [0, 0.1) is 5.41 Å². The van der Waals surface area contributed by atoms with E-state index in [1.807, 2.05) is 0 Å². The van der Waals surface area contributed by atoms with Crippen molar-refractivity contribution in [1.29, 1.82) is 0 Å². The summed E-state index contributed by atoms with van der Waals surface area (Å²) in [4.78, 5) is 12.1. The lowest BCUT2D eigenvalue weighted by Gasteiger charge is -2.49. The van der Waals surface area contributed by atoms with Gasteiger partial charge in [-0.25, -0.2) is 0 Å². The van der Waals surface area contributed by atoms with Crippen LogP contribution in [0.3, 0.4) is 0 Å². The number of ketones is 1. The molecule has 0 aliphatic heterocycles. The predicted molar refractivity (Wildman–Crippen MR) is 59.5 cm³/mol. The van der Waals surface area contributed by atoms with Crippen LogP contribution in [0.25, 0.3) is 0 Å². The molecular weight excluding hydrogens is 188 g/mol. The molecule has 0 saturated heterocycles. The molecular formula is C13H20O2. The fraction of sp³-hybridized carbons (Fsp3) is 0.769. The largest absolute Gasteiger partial charge is 0.385 e. The number of carbonyl (C=O) groups excluding carboxylic acids is 1. The van der Waals surface area contributed by atoms with Crippen LogP contribution >= 0.6 is 0 Å². The molecule has 1 N–H and O–H groups in total. The molecule has 0 amide bonds. The highest BCUT2D eigenvalue weighted by Crippen LogP contribution is 2.51. The lowest BCUT2D eigenvalue weighted by molar-refractivity contribution is -0.154. The summed E-state index contributed by atoms with van der Waals surface area (Å²) in [6.45, 7) is 3.74. The Kier molecular flexibility index (Phi) is 2.72. The summed E-state index contributed by atoms with van der Waals surface area (Å²) in [5, 5.41) is 10.6. The number of aliphatic hydroxyl groups is 1. The smallest absolute Gasteiger partial charge is 0.142 e. The first kappa shape index (κ1) is 10.9. The van der Waals surface area contributed by atoms with E-state index in [4.69, 9.17) is 0 Å². The lowest BCUT2D eigenvalue weighted by Crippen LogP contribution is -2.55. The van der Waals surface area contributed by atoms with Crippen molar-refractivity contribution in [3.8, 4) is 0 Å². The minimum atomic E-state index is -0.928. The topological polar surface area (TPSA) is 37.3 Å². The van der Waals surface area contributed by atoms with Crippen molar-refractivity contribution in [2.75, 3.05) is 0 Å². The van der Waals surface area contributed by atoms with Gasteiger partial charge in [0.15, 0.2) is 0 Å². The molecule has 1 unspecified atom stereocenters. The van der Waals surface area contributed by atoms with E-state index in [2.05, 4.69) is 6.58 Å². The molecule has 0 heterocycles. The maximum Gasteiger partial charge on any atom is 0.142 e. The molecule has 0 aromatic rings.